The molecule has 2 aromatic rings. The van der Waals surface area contributed by atoms with Crippen LogP contribution in [0.3, 0.4) is 0 Å². The maximum Gasteiger partial charge on any atom is 0.234 e. The van der Waals surface area contributed by atoms with E-state index in [-0.39, 0.29) is 29.8 Å². The van der Waals surface area contributed by atoms with Gasteiger partial charge in [-0.25, -0.2) is 0 Å². The first-order chi connectivity index (χ1) is 11.6. The molecule has 1 amide bonds. The smallest absolute Gasteiger partial charge is 0.234 e. The summed E-state index contributed by atoms with van der Waals surface area (Å²) in [6.07, 6.45) is 1.06. The van der Waals surface area contributed by atoms with Gasteiger partial charge in [0.05, 0.1) is 12.6 Å². The maximum atomic E-state index is 12.6. The number of nitrogens with one attached hydrogen (secondary N) is 1. The Balaban J connectivity index is 0.00000225. The standard InChI is InChI=1S/C19H25N3OS.ClH/c1-19(13-20)9-10-22(14-19)12-17(23)21-18(16-8-5-11-24-16)15-6-3-2-4-7-15;/h2-8,11,18H,9-10,12-14,20H2,1H3,(H,21,23);1H. The van der Waals surface area contributed by atoms with Gasteiger partial charge < -0.3 is 11.1 Å². The molecule has 1 aromatic carbocycles. The van der Waals surface area contributed by atoms with Crippen LogP contribution in [0.2, 0.25) is 0 Å². The molecule has 6 heteroatoms. The fraction of sp³-hybridized carbons (Fsp3) is 0.421. The van der Waals surface area contributed by atoms with Gasteiger partial charge in [0, 0.05) is 11.4 Å². The highest BCUT2D eigenvalue weighted by molar-refractivity contribution is 7.10. The second kappa shape index (κ2) is 8.81. The van der Waals surface area contributed by atoms with E-state index >= 15 is 0 Å². The molecular formula is C19H26ClN3OS. The van der Waals surface area contributed by atoms with Crippen LogP contribution in [0, 0.1) is 5.41 Å². The van der Waals surface area contributed by atoms with Crippen LogP contribution in [0.1, 0.15) is 29.8 Å². The van der Waals surface area contributed by atoms with Crippen LogP contribution in [-0.2, 0) is 4.79 Å². The Morgan fingerprint density at radius 3 is 2.68 bits per heavy atom. The molecule has 3 N–H and O–H groups in total. The average Bonchev–Trinajstić information content (AvgIpc) is 3.24. The summed E-state index contributed by atoms with van der Waals surface area (Å²) in [5, 5.41) is 5.25. The summed E-state index contributed by atoms with van der Waals surface area (Å²) in [6.45, 7) is 5.14. The van der Waals surface area contributed by atoms with Gasteiger partial charge in [-0.2, -0.15) is 0 Å². The largest absolute Gasteiger partial charge is 0.343 e. The van der Waals surface area contributed by atoms with Gasteiger partial charge in [-0.05, 0) is 41.9 Å². The SMILES string of the molecule is CC1(CN)CCN(CC(=O)NC(c2ccccc2)c2cccs2)C1.Cl. The van der Waals surface area contributed by atoms with Gasteiger partial charge >= 0.3 is 0 Å². The van der Waals surface area contributed by atoms with E-state index in [0.29, 0.717) is 13.1 Å². The molecule has 2 atom stereocenters. The highest BCUT2D eigenvalue weighted by Crippen LogP contribution is 2.29. The van der Waals surface area contributed by atoms with Crippen LogP contribution in [0.5, 0.6) is 0 Å². The molecule has 0 bridgehead atoms. The molecule has 0 saturated carbocycles. The van der Waals surface area contributed by atoms with E-state index in [2.05, 4.69) is 35.3 Å². The van der Waals surface area contributed by atoms with Crippen LogP contribution in [-0.4, -0.2) is 37.0 Å². The average molecular weight is 380 g/mol. The van der Waals surface area contributed by atoms with E-state index in [0.717, 1.165) is 30.0 Å². The molecule has 25 heavy (non-hydrogen) atoms. The van der Waals surface area contributed by atoms with Gasteiger partial charge in [0.25, 0.3) is 0 Å². The number of nitrogens with zero attached hydrogens (tertiary/aromatic N) is 1. The molecule has 3 rings (SSSR count). The molecule has 136 valence electrons. The number of thiophene rings is 1. The van der Waals surface area contributed by atoms with E-state index in [1.165, 1.54) is 0 Å². The summed E-state index contributed by atoms with van der Waals surface area (Å²) in [7, 11) is 0. The van der Waals surface area contributed by atoms with E-state index < -0.39 is 0 Å². The summed E-state index contributed by atoms with van der Waals surface area (Å²) in [5.74, 6) is 0.0681. The minimum atomic E-state index is -0.0813. The van der Waals surface area contributed by atoms with Crippen LogP contribution in [0.25, 0.3) is 0 Å². The highest BCUT2D eigenvalue weighted by atomic mass is 35.5. The molecule has 2 unspecified atom stereocenters. The number of carbonyl (C=O) groups is 1. The van der Waals surface area contributed by atoms with Crippen LogP contribution >= 0.6 is 23.7 Å². The first-order valence-electron chi connectivity index (χ1n) is 8.40. The maximum absolute atomic E-state index is 12.6. The van der Waals surface area contributed by atoms with E-state index in [4.69, 9.17) is 5.73 Å². The molecule has 1 aromatic heterocycles. The van der Waals surface area contributed by atoms with E-state index in [1.807, 2.05) is 29.6 Å². The number of benzene rings is 1. The van der Waals surface area contributed by atoms with Crippen molar-refractivity contribution in [1.82, 2.24) is 10.2 Å². The number of hydrogen-bond acceptors (Lipinski definition) is 4. The van der Waals surface area contributed by atoms with Gasteiger partial charge in [-0.1, -0.05) is 43.3 Å². The topological polar surface area (TPSA) is 58.4 Å². The lowest BCUT2D eigenvalue weighted by molar-refractivity contribution is -0.122. The third kappa shape index (κ3) is 5.05. The zero-order valence-corrected chi connectivity index (χ0v) is 16.1. The summed E-state index contributed by atoms with van der Waals surface area (Å²) in [5.41, 5.74) is 7.11. The molecule has 1 aliphatic rings. The van der Waals surface area contributed by atoms with Gasteiger partial charge in [0.2, 0.25) is 5.91 Å². The minimum Gasteiger partial charge on any atom is -0.343 e. The van der Waals surface area contributed by atoms with E-state index in [1.54, 1.807) is 11.3 Å². The Kier molecular flexibility index (Phi) is 7.02. The molecule has 2 heterocycles. The molecule has 4 nitrogen and oxygen atoms in total. The van der Waals surface area contributed by atoms with Crippen molar-refractivity contribution >= 4 is 29.7 Å². The highest BCUT2D eigenvalue weighted by Gasteiger charge is 2.33. The van der Waals surface area contributed by atoms with Crippen molar-refractivity contribution in [2.75, 3.05) is 26.2 Å². The normalized spacial score (nSPS) is 21.5. The lowest BCUT2D eigenvalue weighted by Crippen LogP contribution is -2.39. The fourth-order valence-corrected chi connectivity index (χ4v) is 4.06. The Morgan fingerprint density at radius 2 is 2.08 bits per heavy atom. The van der Waals surface area contributed by atoms with Crippen molar-refractivity contribution < 1.29 is 4.79 Å². The lowest BCUT2D eigenvalue weighted by Gasteiger charge is -2.23. The molecule has 0 aliphatic carbocycles. The summed E-state index contributed by atoms with van der Waals surface area (Å²) < 4.78 is 0. The monoisotopic (exact) mass is 379 g/mol. The molecular weight excluding hydrogens is 354 g/mol. The van der Waals surface area contributed by atoms with Crippen molar-refractivity contribution in [2.45, 2.75) is 19.4 Å². The predicted molar refractivity (Wildman–Crippen MR) is 106 cm³/mol. The molecule has 1 aliphatic heterocycles. The van der Waals surface area contributed by atoms with Crippen LogP contribution in [0.4, 0.5) is 0 Å². The zero-order valence-electron chi connectivity index (χ0n) is 14.5. The number of nitrogens with two attached hydrogens (primary N) is 1. The molecule has 0 spiro atoms. The lowest BCUT2D eigenvalue weighted by atomic mass is 9.90. The van der Waals surface area contributed by atoms with Crippen molar-refractivity contribution in [2.24, 2.45) is 11.1 Å². The Labute approximate surface area is 159 Å². The minimum absolute atomic E-state index is 0. The Morgan fingerprint density at radius 1 is 1.32 bits per heavy atom. The third-order valence-electron chi connectivity index (χ3n) is 4.76. The van der Waals surface area contributed by atoms with Gasteiger partial charge in [-0.3, -0.25) is 9.69 Å². The van der Waals surface area contributed by atoms with Gasteiger partial charge in [-0.15, -0.1) is 23.7 Å². The van der Waals surface area contributed by atoms with E-state index in [9.17, 15) is 4.79 Å². The van der Waals surface area contributed by atoms with Gasteiger partial charge in [0.1, 0.15) is 0 Å². The number of rotatable bonds is 6. The van der Waals surface area contributed by atoms with Crippen LogP contribution < -0.4 is 11.1 Å². The molecule has 1 saturated heterocycles. The fourth-order valence-electron chi connectivity index (χ4n) is 3.26. The van der Waals surface area contributed by atoms with Crippen LogP contribution in [0.15, 0.2) is 47.8 Å². The number of carbonyl (C=O) groups excluding carboxylic acids is 1. The summed E-state index contributed by atoms with van der Waals surface area (Å²) in [6, 6.07) is 14.2. The zero-order chi connectivity index (χ0) is 17.0. The second-order valence-electron chi connectivity index (χ2n) is 6.90. The summed E-state index contributed by atoms with van der Waals surface area (Å²) in [4.78, 5) is 16.0. The first kappa shape index (κ1) is 19.9. The predicted octanol–water partition coefficient (Wildman–Crippen LogP) is 3.05. The number of hydrogen-bond donors (Lipinski definition) is 2. The summed E-state index contributed by atoms with van der Waals surface area (Å²) >= 11 is 1.67. The second-order valence-corrected chi connectivity index (χ2v) is 7.88. The Hall–Kier alpha value is -1.40. The van der Waals surface area contributed by atoms with Gasteiger partial charge in [0.15, 0.2) is 0 Å². The molecule has 1 fully saturated rings. The quantitative estimate of drug-likeness (QED) is 0.811. The number of likely N-dealkylation sites (tertiary alicyclic amines) is 1. The van der Waals surface area contributed by atoms with Crippen molar-refractivity contribution in [3.8, 4) is 0 Å². The van der Waals surface area contributed by atoms with Crippen molar-refractivity contribution in [1.29, 1.82) is 0 Å². The van der Waals surface area contributed by atoms with Crippen molar-refractivity contribution in [3.05, 3.63) is 58.3 Å². The Bertz CT molecular complexity index is 665. The first-order valence-corrected chi connectivity index (χ1v) is 9.28. The third-order valence-corrected chi connectivity index (χ3v) is 5.70. The molecule has 0 radical (unpaired) electrons. The number of amides is 1. The number of halogens is 1. The van der Waals surface area contributed by atoms with Crippen molar-refractivity contribution in [3.63, 3.8) is 0 Å².